The Morgan fingerprint density at radius 3 is 2.50 bits per heavy atom. The predicted molar refractivity (Wildman–Crippen MR) is 116 cm³/mol. The lowest BCUT2D eigenvalue weighted by Gasteiger charge is -2.30. The van der Waals surface area contributed by atoms with Gasteiger partial charge in [-0.2, -0.15) is 4.31 Å². The lowest BCUT2D eigenvalue weighted by molar-refractivity contribution is -0.120. The van der Waals surface area contributed by atoms with E-state index in [1.54, 1.807) is 30.3 Å². The molecule has 2 aromatic carbocycles. The van der Waals surface area contributed by atoms with E-state index in [0.29, 0.717) is 29.8 Å². The number of ketones is 1. The van der Waals surface area contributed by atoms with E-state index in [4.69, 9.17) is 0 Å². The maximum Gasteiger partial charge on any atom is 0.243 e. The molecule has 32 heavy (non-hydrogen) atoms. The lowest BCUT2D eigenvalue weighted by Crippen LogP contribution is -2.41. The quantitative estimate of drug-likeness (QED) is 0.564. The minimum atomic E-state index is -3.73. The topological polar surface area (TPSA) is 127 Å². The number of amides is 1. The summed E-state index contributed by atoms with van der Waals surface area (Å²) in [5.41, 5.74) is 1.67. The Morgan fingerprint density at radius 2 is 1.81 bits per heavy atom. The van der Waals surface area contributed by atoms with Crippen LogP contribution in [0, 0.1) is 5.92 Å². The van der Waals surface area contributed by atoms with Crippen LogP contribution in [0.2, 0.25) is 0 Å². The number of anilines is 1. The molecule has 2 heterocycles. The first kappa shape index (κ1) is 21.8. The summed E-state index contributed by atoms with van der Waals surface area (Å²) < 4.78 is 28.8. The van der Waals surface area contributed by atoms with Gasteiger partial charge in [0.1, 0.15) is 6.33 Å². The summed E-state index contributed by atoms with van der Waals surface area (Å²) >= 11 is 0. The van der Waals surface area contributed by atoms with Crippen LogP contribution in [-0.2, 0) is 14.8 Å². The summed E-state index contributed by atoms with van der Waals surface area (Å²) in [5.74, 6) is -0.655. The van der Waals surface area contributed by atoms with Crippen LogP contribution in [0.5, 0.6) is 0 Å². The summed E-state index contributed by atoms with van der Waals surface area (Å²) in [7, 11) is -3.73. The molecule has 0 atom stereocenters. The number of piperidine rings is 1. The molecule has 0 radical (unpaired) electrons. The number of Topliss-reactive ketones (excluding diaryl/α,β-unsaturated/α-hetero) is 1. The molecule has 166 valence electrons. The van der Waals surface area contributed by atoms with Crippen molar-refractivity contribution < 1.29 is 18.0 Å². The molecular weight excluding hydrogens is 432 g/mol. The van der Waals surface area contributed by atoms with E-state index in [9.17, 15) is 18.0 Å². The zero-order valence-corrected chi connectivity index (χ0v) is 18.2. The van der Waals surface area contributed by atoms with Crippen molar-refractivity contribution in [1.29, 1.82) is 0 Å². The molecule has 1 N–H and O–H groups in total. The molecule has 1 fully saturated rings. The van der Waals surface area contributed by atoms with Gasteiger partial charge in [-0.25, -0.2) is 13.1 Å². The van der Waals surface area contributed by atoms with Crippen LogP contribution >= 0.6 is 0 Å². The molecule has 0 saturated carbocycles. The number of benzene rings is 2. The average molecular weight is 455 g/mol. The molecule has 1 saturated heterocycles. The Bertz CT molecular complexity index is 1230. The second-order valence-electron chi connectivity index (χ2n) is 7.56. The monoisotopic (exact) mass is 454 g/mol. The van der Waals surface area contributed by atoms with Crippen LogP contribution < -0.4 is 5.32 Å². The van der Waals surface area contributed by atoms with Crippen LogP contribution in [0.25, 0.3) is 5.69 Å². The van der Waals surface area contributed by atoms with Crippen LogP contribution in [0.3, 0.4) is 0 Å². The highest BCUT2D eigenvalue weighted by atomic mass is 32.2. The average Bonchev–Trinajstić information content (AvgIpc) is 3.34. The smallest absolute Gasteiger partial charge is 0.243 e. The van der Waals surface area contributed by atoms with Gasteiger partial charge in [0.15, 0.2) is 5.78 Å². The third-order valence-electron chi connectivity index (χ3n) is 5.43. The molecule has 0 aliphatic carbocycles. The summed E-state index contributed by atoms with van der Waals surface area (Å²) in [6.07, 6.45) is 2.28. The molecule has 4 rings (SSSR count). The van der Waals surface area contributed by atoms with E-state index >= 15 is 0 Å². The Labute approximate surface area is 185 Å². The third kappa shape index (κ3) is 4.58. The zero-order valence-electron chi connectivity index (χ0n) is 17.4. The maximum atomic E-state index is 13.0. The molecule has 10 nitrogen and oxygen atoms in total. The Balaban J connectivity index is 1.39. The number of tetrazole rings is 1. The molecule has 1 amide bonds. The number of sulfonamides is 1. The van der Waals surface area contributed by atoms with E-state index in [-0.39, 0.29) is 35.6 Å². The van der Waals surface area contributed by atoms with Gasteiger partial charge in [-0.3, -0.25) is 9.59 Å². The summed E-state index contributed by atoms with van der Waals surface area (Å²) in [4.78, 5) is 24.4. The van der Waals surface area contributed by atoms with E-state index < -0.39 is 10.0 Å². The highest BCUT2D eigenvalue weighted by Gasteiger charge is 2.32. The SMILES string of the molecule is CC(=O)c1cccc(S(=O)(=O)N2CCC(C(=O)Nc3cccc(-n4cnnn4)c3)CC2)c1. The van der Waals surface area contributed by atoms with Gasteiger partial charge in [0.2, 0.25) is 15.9 Å². The number of hydrogen-bond acceptors (Lipinski definition) is 7. The minimum Gasteiger partial charge on any atom is -0.326 e. The highest BCUT2D eigenvalue weighted by Crippen LogP contribution is 2.26. The molecule has 1 aromatic heterocycles. The minimum absolute atomic E-state index is 0.0903. The van der Waals surface area contributed by atoms with Gasteiger partial charge in [0, 0.05) is 30.3 Å². The summed E-state index contributed by atoms with van der Waals surface area (Å²) in [6, 6.07) is 13.2. The molecule has 1 aliphatic heterocycles. The van der Waals surface area contributed by atoms with Crippen molar-refractivity contribution in [2.75, 3.05) is 18.4 Å². The first-order chi connectivity index (χ1) is 15.3. The Hall–Kier alpha value is -3.44. The number of nitrogens with zero attached hydrogens (tertiary/aromatic N) is 5. The molecule has 1 aliphatic rings. The van der Waals surface area contributed by atoms with Crippen molar-refractivity contribution in [2.24, 2.45) is 5.92 Å². The number of carbonyl (C=O) groups excluding carboxylic acids is 2. The van der Waals surface area contributed by atoms with Gasteiger partial charge >= 0.3 is 0 Å². The summed E-state index contributed by atoms with van der Waals surface area (Å²) in [6.45, 7) is 1.86. The fourth-order valence-electron chi connectivity index (χ4n) is 3.63. The van der Waals surface area contributed by atoms with Crippen LogP contribution in [0.15, 0.2) is 59.8 Å². The first-order valence-corrected chi connectivity index (χ1v) is 11.5. The number of hydrogen-bond donors (Lipinski definition) is 1. The zero-order chi connectivity index (χ0) is 22.7. The van der Waals surface area contributed by atoms with Crippen LogP contribution in [0.4, 0.5) is 5.69 Å². The van der Waals surface area contributed by atoms with Crippen LogP contribution in [-0.4, -0.2) is 57.7 Å². The summed E-state index contributed by atoms with van der Waals surface area (Å²) in [5, 5.41) is 13.9. The van der Waals surface area contributed by atoms with Crippen molar-refractivity contribution in [3.63, 3.8) is 0 Å². The van der Waals surface area contributed by atoms with Crippen molar-refractivity contribution in [3.8, 4) is 5.69 Å². The second kappa shape index (κ2) is 8.97. The van der Waals surface area contributed by atoms with Gasteiger partial charge in [0.05, 0.1) is 10.6 Å². The van der Waals surface area contributed by atoms with E-state index in [1.165, 1.54) is 34.4 Å². The second-order valence-corrected chi connectivity index (χ2v) is 9.49. The number of rotatable bonds is 6. The molecule has 0 spiro atoms. The number of nitrogens with one attached hydrogen (secondary N) is 1. The fourth-order valence-corrected chi connectivity index (χ4v) is 5.15. The van der Waals surface area contributed by atoms with Crippen molar-refractivity contribution in [3.05, 3.63) is 60.4 Å². The normalized spacial score (nSPS) is 15.4. The van der Waals surface area contributed by atoms with Gasteiger partial charge in [-0.1, -0.05) is 18.2 Å². The molecule has 11 heteroatoms. The van der Waals surface area contributed by atoms with Gasteiger partial charge in [0.25, 0.3) is 0 Å². The van der Waals surface area contributed by atoms with Gasteiger partial charge in [-0.15, -0.1) is 5.10 Å². The molecule has 0 unspecified atom stereocenters. The molecule has 0 bridgehead atoms. The Morgan fingerprint density at radius 1 is 1.06 bits per heavy atom. The van der Waals surface area contributed by atoms with Crippen molar-refractivity contribution in [1.82, 2.24) is 24.5 Å². The first-order valence-electron chi connectivity index (χ1n) is 10.1. The Kier molecular flexibility index (Phi) is 6.10. The predicted octanol–water partition coefficient (Wildman–Crippen LogP) is 1.90. The number of carbonyl (C=O) groups is 2. The lowest BCUT2D eigenvalue weighted by atomic mass is 9.97. The van der Waals surface area contributed by atoms with Crippen molar-refractivity contribution >= 4 is 27.4 Å². The van der Waals surface area contributed by atoms with Crippen LogP contribution in [0.1, 0.15) is 30.1 Å². The molecular formula is C21H22N6O4S. The van der Waals surface area contributed by atoms with E-state index in [2.05, 4.69) is 20.8 Å². The highest BCUT2D eigenvalue weighted by molar-refractivity contribution is 7.89. The van der Waals surface area contributed by atoms with Gasteiger partial charge in [-0.05, 0) is 60.5 Å². The van der Waals surface area contributed by atoms with Crippen molar-refractivity contribution in [2.45, 2.75) is 24.7 Å². The fraction of sp³-hybridized carbons (Fsp3) is 0.286. The standard InChI is InChI=1S/C21H22N6O4S/c1-15(28)17-4-2-7-20(12-17)32(30,31)26-10-8-16(9-11-26)21(29)23-18-5-3-6-19(13-18)27-14-22-24-25-27/h2-7,12-14,16H,8-11H2,1H3,(H,23,29). The third-order valence-corrected chi connectivity index (χ3v) is 7.32. The molecule has 3 aromatic rings. The number of aromatic nitrogens is 4. The van der Waals surface area contributed by atoms with E-state index in [0.717, 1.165) is 0 Å². The maximum absolute atomic E-state index is 13.0. The largest absolute Gasteiger partial charge is 0.326 e. The van der Waals surface area contributed by atoms with Gasteiger partial charge < -0.3 is 5.32 Å². The van der Waals surface area contributed by atoms with E-state index in [1.807, 2.05) is 6.07 Å².